The van der Waals surface area contributed by atoms with E-state index in [9.17, 15) is 9.59 Å². The molecule has 26 heavy (non-hydrogen) atoms. The van der Waals surface area contributed by atoms with Gasteiger partial charge in [-0.25, -0.2) is 0 Å². The molecule has 1 saturated heterocycles. The van der Waals surface area contributed by atoms with Gasteiger partial charge in [0.15, 0.2) is 5.78 Å². The molecule has 1 aromatic heterocycles. The third-order valence-corrected chi connectivity index (χ3v) is 4.93. The minimum absolute atomic E-state index is 0.00782. The SMILES string of the molecule is CC(C)N(CC(=O)c1c[nH]c(C(=O)N2CCCC2)c1)Cc1ccccc1. The zero-order valence-corrected chi connectivity index (χ0v) is 15.6. The zero-order valence-electron chi connectivity index (χ0n) is 15.6. The van der Waals surface area contributed by atoms with Crippen molar-refractivity contribution in [2.75, 3.05) is 19.6 Å². The van der Waals surface area contributed by atoms with E-state index < -0.39 is 0 Å². The molecule has 1 fully saturated rings. The normalized spacial score (nSPS) is 14.4. The smallest absolute Gasteiger partial charge is 0.270 e. The summed E-state index contributed by atoms with van der Waals surface area (Å²) >= 11 is 0. The minimum atomic E-state index is -0.00782. The van der Waals surface area contributed by atoms with Crippen molar-refractivity contribution < 1.29 is 9.59 Å². The standard InChI is InChI=1S/C21H27N3O2/c1-16(2)24(14-17-8-4-3-5-9-17)15-20(25)18-12-19(22-13-18)21(26)23-10-6-7-11-23/h3-5,8-9,12-13,16,22H,6-7,10-11,14-15H2,1-2H3. The maximum absolute atomic E-state index is 12.7. The second kappa shape index (κ2) is 8.32. The molecule has 2 aromatic rings. The first-order valence-corrected chi connectivity index (χ1v) is 9.33. The van der Waals surface area contributed by atoms with Crippen LogP contribution >= 0.6 is 0 Å². The summed E-state index contributed by atoms with van der Waals surface area (Å²) in [5.74, 6) is 0.0258. The molecule has 1 aromatic carbocycles. The summed E-state index contributed by atoms with van der Waals surface area (Å²) < 4.78 is 0. The van der Waals surface area contributed by atoms with Gasteiger partial charge in [0, 0.05) is 37.4 Å². The van der Waals surface area contributed by atoms with Gasteiger partial charge in [-0.2, -0.15) is 0 Å². The number of ketones is 1. The number of carbonyl (C=O) groups is 2. The Labute approximate surface area is 155 Å². The Kier molecular flexibility index (Phi) is 5.89. The van der Waals surface area contributed by atoms with Crippen molar-refractivity contribution in [1.82, 2.24) is 14.8 Å². The van der Waals surface area contributed by atoms with E-state index >= 15 is 0 Å². The largest absolute Gasteiger partial charge is 0.356 e. The van der Waals surface area contributed by atoms with Crippen molar-refractivity contribution in [2.24, 2.45) is 0 Å². The summed E-state index contributed by atoms with van der Waals surface area (Å²) in [4.78, 5) is 32.1. The number of nitrogens with one attached hydrogen (secondary N) is 1. The summed E-state index contributed by atoms with van der Waals surface area (Å²) in [5, 5.41) is 0. The van der Waals surface area contributed by atoms with Gasteiger partial charge in [-0.3, -0.25) is 14.5 Å². The fourth-order valence-electron chi connectivity index (χ4n) is 3.28. The maximum Gasteiger partial charge on any atom is 0.270 e. The van der Waals surface area contributed by atoms with Crippen LogP contribution < -0.4 is 0 Å². The van der Waals surface area contributed by atoms with Crippen LogP contribution in [0, 0.1) is 0 Å². The number of benzene rings is 1. The molecule has 1 N–H and O–H groups in total. The van der Waals surface area contributed by atoms with Gasteiger partial charge in [0.05, 0.1) is 6.54 Å². The molecule has 0 radical (unpaired) electrons. The molecule has 0 saturated carbocycles. The van der Waals surface area contributed by atoms with Crippen molar-refractivity contribution >= 4 is 11.7 Å². The van der Waals surface area contributed by atoms with Crippen LogP contribution in [-0.2, 0) is 6.54 Å². The lowest BCUT2D eigenvalue weighted by Gasteiger charge is -2.25. The van der Waals surface area contributed by atoms with E-state index in [1.54, 1.807) is 12.3 Å². The molecular formula is C21H27N3O2. The predicted molar refractivity (Wildman–Crippen MR) is 102 cm³/mol. The third-order valence-electron chi connectivity index (χ3n) is 4.93. The number of likely N-dealkylation sites (tertiary alicyclic amines) is 1. The fourth-order valence-corrected chi connectivity index (χ4v) is 3.28. The van der Waals surface area contributed by atoms with Gasteiger partial charge in [-0.15, -0.1) is 0 Å². The highest BCUT2D eigenvalue weighted by atomic mass is 16.2. The number of rotatable bonds is 7. The van der Waals surface area contributed by atoms with Crippen molar-refractivity contribution in [2.45, 2.75) is 39.3 Å². The van der Waals surface area contributed by atoms with E-state index in [1.807, 2.05) is 23.1 Å². The Balaban J connectivity index is 1.65. The van der Waals surface area contributed by atoms with E-state index in [-0.39, 0.29) is 17.7 Å². The number of carbonyl (C=O) groups excluding carboxylic acids is 2. The van der Waals surface area contributed by atoms with Gasteiger partial charge in [0.2, 0.25) is 0 Å². The Bertz CT molecular complexity index is 746. The van der Waals surface area contributed by atoms with Crippen LogP contribution in [0.1, 0.15) is 53.1 Å². The first-order valence-electron chi connectivity index (χ1n) is 9.33. The highest BCUT2D eigenvalue weighted by molar-refractivity contribution is 6.01. The van der Waals surface area contributed by atoms with Gasteiger partial charge in [-0.05, 0) is 38.3 Å². The molecule has 0 atom stereocenters. The quantitative estimate of drug-likeness (QED) is 0.777. The van der Waals surface area contributed by atoms with E-state index in [4.69, 9.17) is 0 Å². The lowest BCUT2D eigenvalue weighted by Crippen LogP contribution is -2.35. The van der Waals surface area contributed by atoms with Crippen LogP contribution in [0.5, 0.6) is 0 Å². The molecule has 0 unspecified atom stereocenters. The van der Waals surface area contributed by atoms with E-state index in [0.29, 0.717) is 17.8 Å². The molecule has 138 valence electrons. The van der Waals surface area contributed by atoms with Gasteiger partial charge in [-0.1, -0.05) is 30.3 Å². The number of Topliss-reactive ketones (excluding diaryl/α,β-unsaturated/α-hetero) is 1. The minimum Gasteiger partial charge on any atom is -0.356 e. The summed E-state index contributed by atoms with van der Waals surface area (Å²) in [6, 6.07) is 12.1. The zero-order chi connectivity index (χ0) is 18.5. The van der Waals surface area contributed by atoms with Crippen LogP contribution in [0.15, 0.2) is 42.6 Å². The molecule has 1 amide bonds. The topological polar surface area (TPSA) is 56.4 Å². The second-order valence-corrected chi connectivity index (χ2v) is 7.21. The van der Waals surface area contributed by atoms with Crippen molar-refractivity contribution in [3.05, 3.63) is 59.4 Å². The van der Waals surface area contributed by atoms with E-state index in [2.05, 4.69) is 35.9 Å². The molecule has 5 heteroatoms. The molecule has 0 bridgehead atoms. The summed E-state index contributed by atoms with van der Waals surface area (Å²) in [6.45, 7) is 6.86. The van der Waals surface area contributed by atoms with E-state index in [1.165, 1.54) is 5.56 Å². The molecule has 0 spiro atoms. The van der Waals surface area contributed by atoms with Gasteiger partial charge < -0.3 is 9.88 Å². The Morgan fingerprint density at radius 3 is 2.50 bits per heavy atom. The molecule has 3 rings (SSSR count). The number of aromatic amines is 1. The Morgan fingerprint density at radius 1 is 1.15 bits per heavy atom. The van der Waals surface area contributed by atoms with Crippen LogP contribution in [0.2, 0.25) is 0 Å². The third kappa shape index (κ3) is 4.41. The van der Waals surface area contributed by atoms with Gasteiger partial charge >= 0.3 is 0 Å². The van der Waals surface area contributed by atoms with Crippen LogP contribution in [0.3, 0.4) is 0 Å². The predicted octanol–water partition coefficient (Wildman–Crippen LogP) is 3.34. The highest BCUT2D eigenvalue weighted by Crippen LogP contribution is 2.15. The number of aromatic nitrogens is 1. The first kappa shape index (κ1) is 18.4. The Morgan fingerprint density at radius 2 is 1.85 bits per heavy atom. The fraction of sp³-hybridized carbons (Fsp3) is 0.429. The first-order chi connectivity index (χ1) is 12.5. The molecule has 2 heterocycles. The molecule has 1 aliphatic heterocycles. The highest BCUT2D eigenvalue weighted by Gasteiger charge is 2.22. The molecule has 5 nitrogen and oxygen atoms in total. The molecule has 1 aliphatic rings. The lowest BCUT2D eigenvalue weighted by molar-refractivity contribution is 0.0787. The van der Waals surface area contributed by atoms with Crippen LogP contribution in [0.25, 0.3) is 0 Å². The monoisotopic (exact) mass is 353 g/mol. The van der Waals surface area contributed by atoms with Crippen LogP contribution in [-0.4, -0.2) is 52.2 Å². The average Bonchev–Trinajstić information content (AvgIpc) is 3.33. The summed E-state index contributed by atoms with van der Waals surface area (Å²) in [5.41, 5.74) is 2.27. The molecular weight excluding hydrogens is 326 g/mol. The van der Waals surface area contributed by atoms with Gasteiger partial charge in [0.25, 0.3) is 5.91 Å². The van der Waals surface area contributed by atoms with Crippen molar-refractivity contribution in [1.29, 1.82) is 0 Å². The van der Waals surface area contributed by atoms with Crippen LogP contribution in [0.4, 0.5) is 0 Å². The number of amides is 1. The lowest BCUT2D eigenvalue weighted by atomic mass is 10.1. The number of hydrogen-bond acceptors (Lipinski definition) is 3. The van der Waals surface area contributed by atoms with Crippen molar-refractivity contribution in [3.63, 3.8) is 0 Å². The molecule has 0 aliphatic carbocycles. The number of H-pyrrole nitrogens is 1. The Hall–Kier alpha value is -2.40. The number of hydrogen-bond donors (Lipinski definition) is 1. The maximum atomic E-state index is 12.7. The van der Waals surface area contributed by atoms with Crippen molar-refractivity contribution in [3.8, 4) is 0 Å². The number of nitrogens with zero attached hydrogens (tertiary/aromatic N) is 2. The summed E-state index contributed by atoms with van der Waals surface area (Å²) in [7, 11) is 0. The van der Waals surface area contributed by atoms with Gasteiger partial charge in [0.1, 0.15) is 5.69 Å². The summed E-state index contributed by atoms with van der Waals surface area (Å²) in [6.07, 6.45) is 3.77. The van der Waals surface area contributed by atoms with E-state index in [0.717, 1.165) is 32.5 Å². The second-order valence-electron chi connectivity index (χ2n) is 7.21. The average molecular weight is 353 g/mol.